The highest BCUT2D eigenvalue weighted by Gasteiger charge is 2.20. The van der Waals surface area contributed by atoms with E-state index in [-0.39, 0.29) is 5.82 Å². The molecule has 0 aliphatic carbocycles. The van der Waals surface area contributed by atoms with Crippen molar-refractivity contribution in [1.82, 2.24) is 9.88 Å². The molecule has 1 aliphatic rings. The van der Waals surface area contributed by atoms with E-state index in [1.54, 1.807) is 6.07 Å². The fraction of sp³-hybridized carbons (Fsp3) is 0.429. The van der Waals surface area contributed by atoms with E-state index in [0.29, 0.717) is 11.4 Å². The number of benzene rings is 1. The highest BCUT2D eigenvalue weighted by Crippen LogP contribution is 2.30. The van der Waals surface area contributed by atoms with Crippen LogP contribution >= 0.6 is 0 Å². The number of fused-ring (bicyclic) bond motifs is 1. The first-order valence-electron chi connectivity index (χ1n) is 6.20. The van der Waals surface area contributed by atoms with Crippen LogP contribution in [0.3, 0.4) is 0 Å². The molecule has 1 aromatic heterocycles. The van der Waals surface area contributed by atoms with Gasteiger partial charge in [0.1, 0.15) is 5.82 Å². The first-order valence-corrected chi connectivity index (χ1v) is 6.20. The van der Waals surface area contributed by atoms with Crippen molar-refractivity contribution in [3.05, 3.63) is 35.8 Å². The minimum atomic E-state index is -0.151. The summed E-state index contributed by atoms with van der Waals surface area (Å²) in [6, 6.07) is 7.35. The Kier molecular flexibility index (Phi) is 2.63. The first-order chi connectivity index (χ1) is 8.24. The lowest BCUT2D eigenvalue weighted by atomic mass is 9.94. The van der Waals surface area contributed by atoms with E-state index in [1.165, 1.54) is 11.8 Å². The zero-order valence-corrected chi connectivity index (χ0v) is 10.0. The molecule has 90 valence electrons. The van der Waals surface area contributed by atoms with Crippen LogP contribution in [0.15, 0.2) is 24.3 Å². The van der Waals surface area contributed by atoms with Gasteiger partial charge in [0.25, 0.3) is 0 Å². The summed E-state index contributed by atoms with van der Waals surface area (Å²) in [5.41, 5.74) is 1.85. The maximum atomic E-state index is 13.6. The third-order valence-electron chi connectivity index (χ3n) is 3.78. The molecule has 1 fully saturated rings. The van der Waals surface area contributed by atoms with E-state index < -0.39 is 0 Å². The summed E-state index contributed by atoms with van der Waals surface area (Å²) in [7, 11) is 2.15. The molecule has 1 N–H and O–H groups in total. The first kappa shape index (κ1) is 10.8. The van der Waals surface area contributed by atoms with Gasteiger partial charge in [0.15, 0.2) is 0 Å². The predicted octanol–water partition coefficient (Wildman–Crippen LogP) is 3.12. The molecule has 3 rings (SSSR count). The molecule has 2 aromatic rings. The van der Waals surface area contributed by atoms with E-state index >= 15 is 0 Å². The van der Waals surface area contributed by atoms with Crippen LogP contribution in [0.25, 0.3) is 10.9 Å². The van der Waals surface area contributed by atoms with Gasteiger partial charge in [-0.3, -0.25) is 0 Å². The summed E-state index contributed by atoms with van der Waals surface area (Å²) in [4.78, 5) is 5.60. The van der Waals surface area contributed by atoms with Crippen LogP contribution in [0.4, 0.5) is 4.39 Å². The number of H-pyrrole nitrogens is 1. The molecule has 0 spiro atoms. The Morgan fingerprint density at radius 3 is 2.76 bits per heavy atom. The van der Waals surface area contributed by atoms with Crippen molar-refractivity contribution in [2.75, 3.05) is 20.1 Å². The van der Waals surface area contributed by atoms with Gasteiger partial charge in [0.05, 0.1) is 5.52 Å². The van der Waals surface area contributed by atoms with Crippen LogP contribution in [-0.2, 0) is 0 Å². The number of aromatic amines is 1. The van der Waals surface area contributed by atoms with Crippen LogP contribution in [0.2, 0.25) is 0 Å². The minimum Gasteiger partial charge on any atom is -0.356 e. The average Bonchev–Trinajstić information content (AvgIpc) is 2.75. The summed E-state index contributed by atoms with van der Waals surface area (Å²) in [6.45, 7) is 2.25. The number of halogens is 1. The standard InChI is InChI=1S/C14H17FN2/c1-17-7-5-10(6-8-17)13-9-11-3-2-4-12(15)14(11)16-13/h2-4,9-10,16H,5-8H2,1H3. The second kappa shape index (κ2) is 4.15. The molecule has 0 amide bonds. The Balaban J connectivity index is 1.93. The monoisotopic (exact) mass is 232 g/mol. The lowest BCUT2D eigenvalue weighted by Crippen LogP contribution is -2.29. The van der Waals surface area contributed by atoms with Gasteiger partial charge >= 0.3 is 0 Å². The van der Waals surface area contributed by atoms with Gasteiger partial charge < -0.3 is 9.88 Å². The molecule has 0 bridgehead atoms. The summed E-state index contributed by atoms with van der Waals surface area (Å²) in [5.74, 6) is 0.402. The van der Waals surface area contributed by atoms with Crippen LogP contribution in [0, 0.1) is 5.82 Å². The predicted molar refractivity (Wildman–Crippen MR) is 67.7 cm³/mol. The van der Waals surface area contributed by atoms with Crippen molar-refractivity contribution in [3.63, 3.8) is 0 Å². The van der Waals surface area contributed by atoms with Crippen molar-refractivity contribution < 1.29 is 4.39 Å². The highest BCUT2D eigenvalue weighted by molar-refractivity contribution is 5.81. The summed E-state index contributed by atoms with van der Waals surface area (Å²) in [6.07, 6.45) is 2.32. The van der Waals surface area contributed by atoms with Gasteiger partial charge in [-0.15, -0.1) is 0 Å². The normalized spacial score (nSPS) is 18.9. The molecule has 1 saturated heterocycles. The Morgan fingerprint density at radius 1 is 1.29 bits per heavy atom. The third kappa shape index (κ3) is 1.95. The van der Waals surface area contributed by atoms with Gasteiger partial charge in [-0.05, 0) is 45.1 Å². The van der Waals surface area contributed by atoms with Gasteiger partial charge in [-0.2, -0.15) is 0 Å². The molecule has 2 heterocycles. The lowest BCUT2D eigenvalue weighted by Gasteiger charge is -2.28. The topological polar surface area (TPSA) is 19.0 Å². The fourth-order valence-electron chi connectivity index (χ4n) is 2.68. The maximum absolute atomic E-state index is 13.6. The Hall–Kier alpha value is -1.35. The maximum Gasteiger partial charge on any atom is 0.147 e. The van der Waals surface area contributed by atoms with Crippen LogP contribution < -0.4 is 0 Å². The van der Waals surface area contributed by atoms with Gasteiger partial charge in [-0.25, -0.2) is 4.39 Å². The van der Waals surface area contributed by atoms with Crippen molar-refractivity contribution >= 4 is 10.9 Å². The van der Waals surface area contributed by atoms with Crippen LogP contribution in [0.1, 0.15) is 24.5 Å². The second-order valence-corrected chi connectivity index (χ2v) is 5.01. The number of nitrogens with zero attached hydrogens (tertiary/aromatic N) is 1. The highest BCUT2D eigenvalue weighted by atomic mass is 19.1. The Bertz CT molecular complexity index is 524. The number of para-hydroxylation sites is 1. The molecule has 0 unspecified atom stereocenters. The number of hydrogen-bond donors (Lipinski definition) is 1. The second-order valence-electron chi connectivity index (χ2n) is 5.01. The van der Waals surface area contributed by atoms with Gasteiger partial charge in [0, 0.05) is 17.0 Å². The van der Waals surface area contributed by atoms with Gasteiger partial charge in [-0.1, -0.05) is 12.1 Å². The zero-order chi connectivity index (χ0) is 11.8. The molecule has 17 heavy (non-hydrogen) atoms. The van der Waals surface area contributed by atoms with Gasteiger partial charge in [0.2, 0.25) is 0 Å². The van der Waals surface area contributed by atoms with Crippen molar-refractivity contribution in [2.45, 2.75) is 18.8 Å². The summed E-state index contributed by atoms with van der Waals surface area (Å²) in [5, 5.41) is 0.985. The number of aromatic nitrogens is 1. The zero-order valence-electron chi connectivity index (χ0n) is 10.0. The molecule has 1 aromatic carbocycles. The molecule has 2 nitrogen and oxygen atoms in total. The van der Waals surface area contributed by atoms with Crippen LogP contribution in [-0.4, -0.2) is 30.0 Å². The van der Waals surface area contributed by atoms with Crippen molar-refractivity contribution in [1.29, 1.82) is 0 Å². The quantitative estimate of drug-likeness (QED) is 0.800. The third-order valence-corrected chi connectivity index (χ3v) is 3.78. The number of rotatable bonds is 1. The molecular formula is C14H17FN2. The molecule has 0 saturated carbocycles. The lowest BCUT2D eigenvalue weighted by molar-refractivity contribution is 0.254. The van der Waals surface area contributed by atoms with E-state index in [1.807, 2.05) is 6.07 Å². The smallest absolute Gasteiger partial charge is 0.147 e. The average molecular weight is 232 g/mol. The SMILES string of the molecule is CN1CCC(c2cc3cccc(F)c3[nH]2)CC1. The minimum absolute atomic E-state index is 0.151. The summed E-state index contributed by atoms with van der Waals surface area (Å²) < 4.78 is 13.6. The Morgan fingerprint density at radius 2 is 2.06 bits per heavy atom. The van der Waals surface area contributed by atoms with Crippen LogP contribution in [0.5, 0.6) is 0 Å². The number of hydrogen-bond acceptors (Lipinski definition) is 1. The van der Waals surface area contributed by atoms with E-state index in [2.05, 4.69) is 23.0 Å². The van der Waals surface area contributed by atoms with E-state index in [4.69, 9.17) is 0 Å². The summed E-state index contributed by atoms with van der Waals surface area (Å²) >= 11 is 0. The largest absolute Gasteiger partial charge is 0.356 e. The number of likely N-dealkylation sites (tertiary alicyclic amines) is 1. The fourth-order valence-corrected chi connectivity index (χ4v) is 2.68. The van der Waals surface area contributed by atoms with E-state index in [0.717, 1.165) is 31.3 Å². The molecule has 1 aliphatic heterocycles. The van der Waals surface area contributed by atoms with E-state index in [9.17, 15) is 4.39 Å². The Labute approximate surface area is 100 Å². The number of nitrogens with one attached hydrogen (secondary N) is 1. The molecular weight excluding hydrogens is 215 g/mol. The molecule has 0 atom stereocenters. The van der Waals surface area contributed by atoms with Crippen molar-refractivity contribution in [2.24, 2.45) is 0 Å². The molecule has 3 heteroatoms. The molecule has 0 radical (unpaired) electrons. The van der Waals surface area contributed by atoms with Crippen molar-refractivity contribution in [3.8, 4) is 0 Å². The number of piperidine rings is 1.